The fourth-order valence-electron chi connectivity index (χ4n) is 2.99. The molecule has 0 aliphatic carbocycles. The van der Waals surface area contributed by atoms with Gasteiger partial charge >= 0.3 is 0 Å². The van der Waals surface area contributed by atoms with Crippen LogP contribution in [0.3, 0.4) is 0 Å². The second-order valence-corrected chi connectivity index (χ2v) is 5.72. The van der Waals surface area contributed by atoms with E-state index in [1.165, 1.54) is 0 Å². The van der Waals surface area contributed by atoms with Gasteiger partial charge in [0, 0.05) is 16.5 Å². The highest BCUT2D eigenvalue weighted by Gasteiger charge is 2.17. The lowest BCUT2D eigenvalue weighted by Crippen LogP contribution is -1.84. The predicted octanol–water partition coefficient (Wildman–Crippen LogP) is 5.65. The number of nitriles is 1. The lowest BCUT2D eigenvalue weighted by atomic mass is 9.98. The largest absolute Gasteiger partial charge is 0.497 e. The molecule has 0 atom stereocenters. The summed E-state index contributed by atoms with van der Waals surface area (Å²) in [4.78, 5) is 0. The molecule has 0 spiro atoms. The molecule has 120 valence electrons. The van der Waals surface area contributed by atoms with Gasteiger partial charge < -0.3 is 9.15 Å². The summed E-state index contributed by atoms with van der Waals surface area (Å²) in [5.74, 6) is 1.62. The number of rotatable bonds is 3. The summed E-state index contributed by atoms with van der Waals surface area (Å²) in [6.07, 6.45) is 0. The quantitative estimate of drug-likeness (QED) is 0.489. The normalized spacial score (nSPS) is 10.6. The third-order valence-electron chi connectivity index (χ3n) is 4.25. The molecule has 4 rings (SSSR count). The Morgan fingerprint density at radius 1 is 0.840 bits per heavy atom. The molecule has 0 aliphatic rings. The molecule has 0 amide bonds. The van der Waals surface area contributed by atoms with E-state index >= 15 is 0 Å². The van der Waals surface area contributed by atoms with Gasteiger partial charge in [0.25, 0.3) is 0 Å². The zero-order chi connectivity index (χ0) is 17.2. The summed E-state index contributed by atoms with van der Waals surface area (Å²) in [7, 11) is 1.65. The van der Waals surface area contributed by atoms with E-state index in [2.05, 4.69) is 12.1 Å². The van der Waals surface area contributed by atoms with E-state index in [-0.39, 0.29) is 0 Å². The van der Waals surface area contributed by atoms with Crippen LogP contribution in [0.5, 0.6) is 5.75 Å². The maximum atomic E-state index is 9.03. The van der Waals surface area contributed by atoms with Gasteiger partial charge in [-0.3, -0.25) is 0 Å². The molecular weight excluding hydrogens is 310 g/mol. The Kier molecular flexibility index (Phi) is 3.72. The molecule has 3 heteroatoms. The lowest BCUT2D eigenvalue weighted by Gasteiger charge is -2.05. The van der Waals surface area contributed by atoms with Gasteiger partial charge in [-0.1, -0.05) is 30.3 Å². The number of benzene rings is 3. The molecule has 0 fully saturated rings. The van der Waals surface area contributed by atoms with Gasteiger partial charge in [-0.2, -0.15) is 5.26 Å². The summed E-state index contributed by atoms with van der Waals surface area (Å²) < 4.78 is 11.4. The number of hydrogen-bond acceptors (Lipinski definition) is 3. The van der Waals surface area contributed by atoms with E-state index in [0.717, 1.165) is 39.2 Å². The fourth-order valence-corrected chi connectivity index (χ4v) is 2.99. The molecule has 0 bridgehead atoms. The second-order valence-electron chi connectivity index (χ2n) is 5.72. The molecule has 4 aromatic rings. The molecular formula is C22H15NO2. The van der Waals surface area contributed by atoms with Crippen LogP contribution in [0.25, 0.3) is 33.4 Å². The van der Waals surface area contributed by atoms with E-state index in [1.807, 2.05) is 66.7 Å². The zero-order valence-electron chi connectivity index (χ0n) is 13.7. The number of ether oxygens (including phenoxy) is 1. The first-order valence-electron chi connectivity index (χ1n) is 7.96. The fraction of sp³-hybridized carbons (Fsp3) is 0.0455. The first-order chi connectivity index (χ1) is 12.3. The van der Waals surface area contributed by atoms with Crippen LogP contribution in [-0.2, 0) is 0 Å². The van der Waals surface area contributed by atoms with Gasteiger partial charge in [0.05, 0.1) is 18.7 Å². The van der Waals surface area contributed by atoms with Crippen LogP contribution in [0, 0.1) is 11.3 Å². The van der Waals surface area contributed by atoms with Crippen molar-refractivity contribution in [2.24, 2.45) is 0 Å². The minimum atomic E-state index is 0.641. The number of furan rings is 1. The predicted molar refractivity (Wildman–Crippen MR) is 98.4 cm³/mol. The molecule has 25 heavy (non-hydrogen) atoms. The molecule has 1 aromatic heterocycles. The van der Waals surface area contributed by atoms with Crippen molar-refractivity contribution >= 4 is 11.0 Å². The average Bonchev–Trinajstić information content (AvgIpc) is 3.07. The average molecular weight is 325 g/mol. The smallest absolute Gasteiger partial charge is 0.143 e. The molecule has 3 aromatic carbocycles. The molecule has 1 heterocycles. The van der Waals surface area contributed by atoms with Gasteiger partial charge in [-0.25, -0.2) is 0 Å². The van der Waals surface area contributed by atoms with Crippen molar-refractivity contribution < 1.29 is 9.15 Å². The van der Waals surface area contributed by atoms with Gasteiger partial charge in [-0.05, 0) is 48.0 Å². The van der Waals surface area contributed by atoms with Crippen molar-refractivity contribution in [2.45, 2.75) is 0 Å². The van der Waals surface area contributed by atoms with Crippen molar-refractivity contribution in [1.82, 2.24) is 0 Å². The van der Waals surface area contributed by atoms with E-state index < -0.39 is 0 Å². The SMILES string of the molecule is COc1ccc(-c2oc3ccccc3c2-c2ccc(C#N)cc2)cc1. The van der Waals surface area contributed by atoms with Gasteiger partial charge in [0.1, 0.15) is 17.1 Å². The van der Waals surface area contributed by atoms with Crippen molar-refractivity contribution in [1.29, 1.82) is 5.26 Å². The number of hydrogen-bond donors (Lipinski definition) is 0. The highest BCUT2D eigenvalue weighted by atomic mass is 16.5. The van der Waals surface area contributed by atoms with Gasteiger partial charge in [0.15, 0.2) is 0 Å². The molecule has 0 radical (unpaired) electrons. The highest BCUT2D eigenvalue weighted by Crippen LogP contribution is 2.41. The van der Waals surface area contributed by atoms with Crippen LogP contribution in [-0.4, -0.2) is 7.11 Å². The minimum Gasteiger partial charge on any atom is -0.497 e. The standard InChI is InChI=1S/C22H15NO2/c1-24-18-12-10-17(11-13-18)22-21(16-8-6-15(14-23)7-9-16)19-4-2-3-5-20(19)25-22/h2-13H,1H3. The van der Waals surface area contributed by atoms with Crippen molar-refractivity contribution in [3.63, 3.8) is 0 Å². The van der Waals surface area contributed by atoms with Crippen LogP contribution < -0.4 is 4.74 Å². The van der Waals surface area contributed by atoms with Crippen molar-refractivity contribution in [3.05, 3.63) is 78.4 Å². The number of methoxy groups -OCH3 is 1. The highest BCUT2D eigenvalue weighted by molar-refractivity contribution is 6.01. The Labute approximate surface area is 145 Å². The number of para-hydroxylation sites is 1. The van der Waals surface area contributed by atoms with E-state index in [4.69, 9.17) is 14.4 Å². The van der Waals surface area contributed by atoms with Crippen molar-refractivity contribution in [3.8, 4) is 34.3 Å². The van der Waals surface area contributed by atoms with Gasteiger partial charge in [0.2, 0.25) is 0 Å². The maximum Gasteiger partial charge on any atom is 0.143 e. The Morgan fingerprint density at radius 3 is 2.20 bits per heavy atom. The lowest BCUT2D eigenvalue weighted by molar-refractivity contribution is 0.415. The third-order valence-corrected chi connectivity index (χ3v) is 4.25. The molecule has 0 unspecified atom stereocenters. The van der Waals surface area contributed by atoms with Gasteiger partial charge in [-0.15, -0.1) is 0 Å². The Balaban J connectivity index is 1.95. The minimum absolute atomic E-state index is 0.641. The van der Waals surface area contributed by atoms with Crippen LogP contribution in [0.1, 0.15) is 5.56 Å². The van der Waals surface area contributed by atoms with E-state index in [0.29, 0.717) is 5.56 Å². The zero-order valence-corrected chi connectivity index (χ0v) is 13.7. The summed E-state index contributed by atoms with van der Waals surface area (Å²) in [5, 5.41) is 10.1. The summed E-state index contributed by atoms with van der Waals surface area (Å²) in [5.41, 5.74) is 4.52. The first-order valence-corrected chi connectivity index (χ1v) is 7.96. The third kappa shape index (κ3) is 2.64. The Hall–Kier alpha value is -3.51. The van der Waals surface area contributed by atoms with E-state index in [9.17, 15) is 0 Å². The molecule has 0 saturated carbocycles. The first kappa shape index (κ1) is 15.0. The molecule has 0 aliphatic heterocycles. The van der Waals surface area contributed by atoms with Crippen LogP contribution in [0.15, 0.2) is 77.2 Å². The topological polar surface area (TPSA) is 46.2 Å². The molecule has 0 saturated heterocycles. The van der Waals surface area contributed by atoms with E-state index in [1.54, 1.807) is 7.11 Å². The molecule has 0 N–H and O–H groups in total. The van der Waals surface area contributed by atoms with Crippen LogP contribution in [0.2, 0.25) is 0 Å². The summed E-state index contributed by atoms with van der Waals surface area (Å²) in [6, 6.07) is 25.6. The second kappa shape index (κ2) is 6.18. The maximum absolute atomic E-state index is 9.03. The number of nitrogens with zero attached hydrogens (tertiary/aromatic N) is 1. The Morgan fingerprint density at radius 2 is 1.52 bits per heavy atom. The monoisotopic (exact) mass is 325 g/mol. The van der Waals surface area contributed by atoms with Crippen LogP contribution in [0.4, 0.5) is 0 Å². The Bertz CT molecular complexity index is 1070. The van der Waals surface area contributed by atoms with Crippen LogP contribution >= 0.6 is 0 Å². The summed E-state index contributed by atoms with van der Waals surface area (Å²) in [6.45, 7) is 0. The van der Waals surface area contributed by atoms with Crippen molar-refractivity contribution in [2.75, 3.05) is 7.11 Å². The summed E-state index contributed by atoms with van der Waals surface area (Å²) >= 11 is 0. The number of fused-ring (bicyclic) bond motifs is 1. The molecule has 3 nitrogen and oxygen atoms in total.